The zero-order chi connectivity index (χ0) is 11.5. The van der Waals surface area contributed by atoms with Gasteiger partial charge in [-0.3, -0.25) is 4.79 Å². The van der Waals surface area contributed by atoms with Crippen molar-refractivity contribution >= 4 is 34.2 Å². The summed E-state index contributed by atoms with van der Waals surface area (Å²) in [6, 6.07) is 7.79. The first-order valence-electron chi connectivity index (χ1n) is 5.35. The zero-order valence-corrected chi connectivity index (χ0v) is 11.2. The van der Waals surface area contributed by atoms with Crippen LogP contribution >= 0.6 is 22.6 Å². The SMILES string of the molecule is CC1OCCC1C(=O)Nc1ccc(I)cc1. The van der Waals surface area contributed by atoms with Gasteiger partial charge >= 0.3 is 0 Å². The molecule has 4 heteroatoms. The average molecular weight is 331 g/mol. The molecule has 2 rings (SSSR count). The van der Waals surface area contributed by atoms with Gasteiger partial charge in [0.25, 0.3) is 0 Å². The Morgan fingerprint density at radius 1 is 1.44 bits per heavy atom. The molecule has 2 atom stereocenters. The third-order valence-corrected chi connectivity index (χ3v) is 3.54. The van der Waals surface area contributed by atoms with E-state index >= 15 is 0 Å². The highest BCUT2D eigenvalue weighted by molar-refractivity contribution is 14.1. The molecule has 1 aromatic rings. The predicted molar refractivity (Wildman–Crippen MR) is 71.3 cm³/mol. The summed E-state index contributed by atoms with van der Waals surface area (Å²) in [5, 5.41) is 2.92. The summed E-state index contributed by atoms with van der Waals surface area (Å²) in [4.78, 5) is 11.9. The van der Waals surface area contributed by atoms with E-state index in [2.05, 4.69) is 27.9 Å². The van der Waals surface area contributed by atoms with Gasteiger partial charge in [-0.05, 0) is 60.2 Å². The van der Waals surface area contributed by atoms with Crippen LogP contribution in [-0.2, 0) is 9.53 Å². The van der Waals surface area contributed by atoms with Gasteiger partial charge in [-0.25, -0.2) is 0 Å². The number of ether oxygens (including phenoxy) is 1. The van der Waals surface area contributed by atoms with Crippen LogP contribution in [0.4, 0.5) is 5.69 Å². The van der Waals surface area contributed by atoms with E-state index in [0.717, 1.165) is 15.7 Å². The number of carbonyl (C=O) groups is 1. The molecule has 3 nitrogen and oxygen atoms in total. The molecule has 1 aliphatic heterocycles. The Balaban J connectivity index is 1.99. The predicted octanol–water partition coefficient (Wildman–Crippen LogP) is 2.65. The van der Waals surface area contributed by atoms with Gasteiger partial charge in [0.15, 0.2) is 0 Å². The van der Waals surface area contributed by atoms with Crippen molar-refractivity contribution in [2.45, 2.75) is 19.4 Å². The second-order valence-electron chi connectivity index (χ2n) is 3.97. The van der Waals surface area contributed by atoms with Crippen molar-refractivity contribution in [1.29, 1.82) is 0 Å². The van der Waals surface area contributed by atoms with Crippen molar-refractivity contribution in [2.75, 3.05) is 11.9 Å². The summed E-state index contributed by atoms with van der Waals surface area (Å²) in [6.45, 7) is 2.64. The minimum Gasteiger partial charge on any atom is -0.378 e. The first-order chi connectivity index (χ1) is 7.66. The van der Waals surface area contributed by atoms with Gasteiger partial charge in [0.2, 0.25) is 5.91 Å². The molecule has 2 unspecified atom stereocenters. The fraction of sp³-hybridized carbons (Fsp3) is 0.417. The van der Waals surface area contributed by atoms with Crippen LogP contribution in [0, 0.1) is 9.49 Å². The average Bonchev–Trinajstić information content (AvgIpc) is 2.68. The van der Waals surface area contributed by atoms with E-state index in [4.69, 9.17) is 4.74 Å². The van der Waals surface area contributed by atoms with Gasteiger partial charge in [0, 0.05) is 15.9 Å². The lowest BCUT2D eigenvalue weighted by molar-refractivity contribution is -0.121. The maximum Gasteiger partial charge on any atom is 0.230 e. The monoisotopic (exact) mass is 331 g/mol. The summed E-state index contributed by atoms with van der Waals surface area (Å²) in [5.74, 6) is 0.0467. The number of carbonyl (C=O) groups excluding carboxylic acids is 1. The van der Waals surface area contributed by atoms with Crippen molar-refractivity contribution in [2.24, 2.45) is 5.92 Å². The van der Waals surface area contributed by atoms with Crippen LogP contribution in [-0.4, -0.2) is 18.6 Å². The van der Waals surface area contributed by atoms with Crippen LogP contribution in [0.2, 0.25) is 0 Å². The van der Waals surface area contributed by atoms with Gasteiger partial charge in [0.1, 0.15) is 0 Å². The van der Waals surface area contributed by atoms with Crippen LogP contribution in [0.3, 0.4) is 0 Å². The van der Waals surface area contributed by atoms with Crippen molar-refractivity contribution < 1.29 is 9.53 Å². The summed E-state index contributed by atoms with van der Waals surface area (Å²) in [6.07, 6.45) is 0.848. The molecule has 0 aliphatic carbocycles. The van der Waals surface area contributed by atoms with Crippen molar-refractivity contribution in [3.63, 3.8) is 0 Å². The maximum atomic E-state index is 11.9. The molecule has 1 aromatic carbocycles. The molecule has 1 heterocycles. The number of amides is 1. The van der Waals surface area contributed by atoms with Crippen LogP contribution in [0.1, 0.15) is 13.3 Å². The molecule has 0 radical (unpaired) electrons. The fourth-order valence-corrected chi connectivity index (χ4v) is 2.20. The molecule has 16 heavy (non-hydrogen) atoms. The second kappa shape index (κ2) is 5.14. The number of nitrogens with one attached hydrogen (secondary N) is 1. The minimum atomic E-state index is -0.0146. The number of anilines is 1. The van der Waals surface area contributed by atoms with Gasteiger partial charge in [0.05, 0.1) is 12.0 Å². The van der Waals surface area contributed by atoms with Crippen molar-refractivity contribution in [3.05, 3.63) is 27.8 Å². The summed E-state index contributed by atoms with van der Waals surface area (Å²) in [5.41, 5.74) is 0.851. The number of benzene rings is 1. The fourth-order valence-electron chi connectivity index (χ4n) is 1.84. The van der Waals surface area contributed by atoms with Crippen LogP contribution in [0.15, 0.2) is 24.3 Å². The Morgan fingerprint density at radius 3 is 2.69 bits per heavy atom. The van der Waals surface area contributed by atoms with E-state index in [1.165, 1.54) is 0 Å². The van der Waals surface area contributed by atoms with E-state index < -0.39 is 0 Å². The van der Waals surface area contributed by atoms with Crippen LogP contribution in [0.5, 0.6) is 0 Å². The molecule has 1 fully saturated rings. The normalized spacial score (nSPS) is 24.4. The van der Waals surface area contributed by atoms with Gasteiger partial charge in [-0.1, -0.05) is 0 Å². The molecule has 1 N–H and O–H groups in total. The number of hydrogen-bond donors (Lipinski definition) is 1. The van der Waals surface area contributed by atoms with E-state index in [9.17, 15) is 4.79 Å². The highest BCUT2D eigenvalue weighted by Crippen LogP contribution is 2.22. The maximum absolute atomic E-state index is 11.9. The highest BCUT2D eigenvalue weighted by atomic mass is 127. The first-order valence-corrected chi connectivity index (χ1v) is 6.43. The zero-order valence-electron chi connectivity index (χ0n) is 9.07. The summed E-state index contributed by atoms with van der Waals surface area (Å²) in [7, 11) is 0. The van der Waals surface area contributed by atoms with E-state index in [1.807, 2.05) is 31.2 Å². The standard InChI is InChI=1S/C12H14INO2/c1-8-11(6-7-16-8)12(15)14-10-4-2-9(13)3-5-10/h2-5,8,11H,6-7H2,1H3,(H,14,15). The molecule has 0 spiro atoms. The Kier molecular flexibility index (Phi) is 3.81. The van der Waals surface area contributed by atoms with Gasteiger partial charge in [-0.2, -0.15) is 0 Å². The number of rotatable bonds is 2. The molecular formula is C12H14INO2. The number of hydrogen-bond acceptors (Lipinski definition) is 2. The van der Waals surface area contributed by atoms with Crippen molar-refractivity contribution in [1.82, 2.24) is 0 Å². The molecule has 1 saturated heterocycles. The van der Waals surface area contributed by atoms with Crippen LogP contribution < -0.4 is 5.32 Å². The first kappa shape index (κ1) is 11.9. The van der Waals surface area contributed by atoms with E-state index in [0.29, 0.717) is 6.61 Å². The molecule has 0 bridgehead atoms. The van der Waals surface area contributed by atoms with Gasteiger partial charge in [-0.15, -0.1) is 0 Å². The molecule has 1 amide bonds. The Hall–Kier alpha value is -0.620. The molecule has 1 aliphatic rings. The molecular weight excluding hydrogens is 317 g/mol. The third kappa shape index (κ3) is 2.74. The smallest absolute Gasteiger partial charge is 0.230 e. The molecule has 0 aromatic heterocycles. The van der Waals surface area contributed by atoms with E-state index in [-0.39, 0.29) is 17.9 Å². The largest absolute Gasteiger partial charge is 0.378 e. The third-order valence-electron chi connectivity index (χ3n) is 2.82. The Labute approximate surface area is 109 Å². The van der Waals surface area contributed by atoms with Crippen molar-refractivity contribution in [3.8, 4) is 0 Å². The Morgan fingerprint density at radius 2 is 2.12 bits per heavy atom. The lowest BCUT2D eigenvalue weighted by Crippen LogP contribution is -2.27. The summed E-state index contributed by atoms with van der Waals surface area (Å²) >= 11 is 2.24. The lowest BCUT2D eigenvalue weighted by atomic mass is 10.0. The topological polar surface area (TPSA) is 38.3 Å². The second-order valence-corrected chi connectivity index (χ2v) is 5.21. The Bertz CT molecular complexity index is 377. The quantitative estimate of drug-likeness (QED) is 0.846. The summed E-state index contributed by atoms with van der Waals surface area (Å²) < 4.78 is 6.54. The molecule has 86 valence electrons. The number of halogens is 1. The lowest BCUT2D eigenvalue weighted by Gasteiger charge is -2.13. The van der Waals surface area contributed by atoms with E-state index in [1.54, 1.807) is 0 Å². The van der Waals surface area contributed by atoms with Crippen LogP contribution in [0.25, 0.3) is 0 Å². The minimum absolute atomic E-state index is 0.0146. The van der Waals surface area contributed by atoms with Gasteiger partial charge < -0.3 is 10.1 Å². The molecule has 0 saturated carbocycles. The highest BCUT2D eigenvalue weighted by Gasteiger charge is 2.30.